The summed E-state index contributed by atoms with van der Waals surface area (Å²) in [5.41, 5.74) is 0. The number of hydrogen-bond donors (Lipinski definition) is 1. The molecule has 1 atom stereocenters. The van der Waals surface area contributed by atoms with Crippen LogP contribution in [0.25, 0.3) is 0 Å². The zero-order valence-corrected chi connectivity index (χ0v) is 7.29. The Labute approximate surface area is 66.0 Å². The standard InChI is InChI=1S/C5H11NO2S2/c7-10(8,9)6-4-2-1-3-5-6/h1-5H2,(H,7,8,9). The van der Waals surface area contributed by atoms with Gasteiger partial charge in [0.15, 0.2) is 0 Å². The minimum absolute atomic E-state index is 0.679. The minimum atomic E-state index is -3.06. The highest BCUT2D eigenvalue weighted by Gasteiger charge is 2.17. The van der Waals surface area contributed by atoms with Gasteiger partial charge in [0.1, 0.15) is 0 Å². The van der Waals surface area contributed by atoms with Crippen molar-refractivity contribution < 1.29 is 8.76 Å². The highest BCUT2D eigenvalue weighted by Crippen LogP contribution is 2.11. The van der Waals surface area contributed by atoms with E-state index in [1.807, 2.05) is 0 Å². The van der Waals surface area contributed by atoms with E-state index in [-0.39, 0.29) is 0 Å². The summed E-state index contributed by atoms with van der Waals surface area (Å²) in [6, 6.07) is 0. The second kappa shape index (κ2) is 3.13. The normalized spacial score (nSPS) is 27.7. The van der Waals surface area contributed by atoms with Gasteiger partial charge in [0.25, 0.3) is 0 Å². The summed E-state index contributed by atoms with van der Waals surface area (Å²) in [5.74, 6) is 0. The van der Waals surface area contributed by atoms with E-state index in [4.69, 9.17) is 4.55 Å². The van der Waals surface area contributed by atoms with Crippen LogP contribution in [0.1, 0.15) is 19.3 Å². The predicted molar refractivity (Wildman–Crippen MR) is 43.6 cm³/mol. The third-order valence-electron chi connectivity index (χ3n) is 1.64. The summed E-state index contributed by atoms with van der Waals surface area (Å²) in [5, 5.41) is 0. The van der Waals surface area contributed by atoms with Crippen molar-refractivity contribution in [2.75, 3.05) is 13.1 Å². The lowest BCUT2D eigenvalue weighted by molar-refractivity contribution is 0.337. The summed E-state index contributed by atoms with van der Waals surface area (Å²) in [6.07, 6.45) is 3.14. The van der Waals surface area contributed by atoms with Gasteiger partial charge >= 0.3 is 0 Å². The van der Waals surface area contributed by atoms with Crippen molar-refractivity contribution in [1.29, 1.82) is 0 Å². The summed E-state index contributed by atoms with van der Waals surface area (Å²) < 4.78 is 21.2. The highest BCUT2D eigenvalue weighted by molar-refractivity contribution is 8.28. The maximum Gasteiger partial charge on any atom is 0.209 e. The zero-order valence-electron chi connectivity index (χ0n) is 5.65. The molecule has 0 aromatic heterocycles. The molecule has 1 fully saturated rings. The molecule has 1 aliphatic heterocycles. The molecule has 5 heteroatoms. The fourth-order valence-electron chi connectivity index (χ4n) is 1.10. The van der Waals surface area contributed by atoms with Crippen molar-refractivity contribution in [3.8, 4) is 0 Å². The molecule has 0 radical (unpaired) electrons. The van der Waals surface area contributed by atoms with Gasteiger partial charge in [-0.15, -0.1) is 0 Å². The molecule has 0 saturated carbocycles. The molecule has 0 amide bonds. The van der Waals surface area contributed by atoms with Crippen LogP contribution < -0.4 is 0 Å². The fourth-order valence-corrected chi connectivity index (χ4v) is 2.26. The number of rotatable bonds is 1. The van der Waals surface area contributed by atoms with Crippen LogP contribution >= 0.6 is 0 Å². The maximum atomic E-state index is 10.8. The molecule has 1 rings (SSSR count). The van der Waals surface area contributed by atoms with Crippen LogP contribution in [0.4, 0.5) is 0 Å². The molecule has 1 heterocycles. The van der Waals surface area contributed by atoms with Gasteiger partial charge in [-0.1, -0.05) is 6.42 Å². The Morgan fingerprint density at radius 3 is 2.10 bits per heavy atom. The Morgan fingerprint density at radius 2 is 1.80 bits per heavy atom. The van der Waals surface area contributed by atoms with Crippen LogP contribution in [0.3, 0.4) is 0 Å². The highest BCUT2D eigenvalue weighted by atomic mass is 32.8. The molecular weight excluding hydrogens is 170 g/mol. The van der Waals surface area contributed by atoms with Crippen molar-refractivity contribution in [3.63, 3.8) is 0 Å². The molecule has 1 saturated heterocycles. The summed E-state index contributed by atoms with van der Waals surface area (Å²) in [6.45, 7) is 1.36. The fraction of sp³-hybridized carbons (Fsp3) is 1.00. The molecule has 3 nitrogen and oxygen atoms in total. The molecule has 0 aliphatic carbocycles. The quantitative estimate of drug-likeness (QED) is 0.644. The third-order valence-corrected chi connectivity index (χ3v) is 3.29. The monoisotopic (exact) mass is 181 g/mol. The van der Waals surface area contributed by atoms with E-state index in [1.54, 1.807) is 0 Å². The largest absolute Gasteiger partial charge is 0.294 e. The summed E-state index contributed by atoms with van der Waals surface area (Å²) in [4.78, 5) is 0. The molecule has 1 aliphatic rings. The van der Waals surface area contributed by atoms with E-state index in [1.165, 1.54) is 4.31 Å². The van der Waals surface area contributed by atoms with Crippen LogP contribution in [-0.2, 0) is 20.1 Å². The average Bonchev–Trinajstić information content (AvgIpc) is 1.88. The topological polar surface area (TPSA) is 40.5 Å². The first-order valence-corrected chi connectivity index (χ1v) is 5.73. The predicted octanol–water partition coefficient (Wildman–Crippen LogP) is 0.607. The van der Waals surface area contributed by atoms with Gasteiger partial charge in [0.05, 0.1) is 0 Å². The van der Waals surface area contributed by atoms with Gasteiger partial charge in [0, 0.05) is 24.3 Å². The van der Waals surface area contributed by atoms with Crippen molar-refractivity contribution in [2.45, 2.75) is 19.3 Å². The summed E-state index contributed by atoms with van der Waals surface area (Å²) >= 11 is 4.41. The van der Waals surface area contributed by atoms with E-state index in [2.05, 4.69) is 11.2 Å². The Morgan fingerprint density at radius 1 is 1.30 bits per heavy atom. The van der Waals surface area contributed by atoms with E-state index >= 15 is 0 Å². The molecule has 0 aromatic carbocycles. The van der Waals surface area contributed by atoms with Gasteiger partial charge in [-0.2, -0.15) is 0 Å². The Kier molecular flexibility index (Phi) is 2.62. The average molecular weight is 181 g/mol. The number of nitrogens with zero attached hydrogens (tertiary/aromatic N) is 1. The Bertz CT molecular complexity index is 194. The van der Waals surface area contributed by atoms with Crippen LogP contribution in [0.5, 0.6) is 0 Å². The SMILES string of the molecule is O=S(O)(=S)N1CCCCC1. The van der Waals surface area contributed by atoms with E-state index < -0.39 is 8.96 Å². The van der Waals surface area contributed by atoms with Gasteiger partial charge in [-0.3, -0.25) is 4.55 Å². The molecular formula is C5H11NO2S2. The smallest absolute Gasteiger partial charge is 0.209 e. The Hall–Kier alpha value is 0.290. The lowest BCUT2D eigenvalue weighted by atomic mass is 10.2. The molecule has 0 aromatic rings. The van der Waals surface area contributed by atoms with Crippen LogP contribution in [-0.4, -0.2) is 26.2 Å². The number of piperidine rings is 1. The maximum absolute atomic E-state index is 10.8. The van der Waals surface area contributed by atoms with Gasteiger partial charge in [-0.25, -0.2) is 8.51 Å². The molecule has 1 N–H and O–H groups in total. The van der Waals surface area contributed by atoms with Gasteiger partial charge < -0.3 is 0 Å². The van der Waals surface area contributed by atoms with E-state index in [0.717, 1.165) is 19.3 Å². The first-order chi connectivity index (χ1) is 4.61. The van der Waals surface area contributed by atoms with Crippen molar-refractivity contribution >= 4 is 20.1 Å². The molecule has 1 unspecified atom stereocenters. The summed E-state index contributed by atoms with van der Waals surface area (Å²) in [7, 11) is -3.06. The third kappa shape index (κ3) is 2.16. The first kappa shape index (κ1) is 8.39. The van der Waals surface area contributed by atoms with Crippen molar-refractivity contribution in [3.05, 3.63) is 0 Å². The molecule has 10 heavy (non-hydrogen) atoms. The molecule has 0 spiro atoms. The van der Waals surface area contributed by atoms with E-state index in [0.29, 0.717) is 13.1 Å². The lowest BCUT2D eigenvalue weighted by Crippen LogP contribution is -2.34. The van der Waals surface area contributed by atoms with Gasteiger partial charge in [-0.05, 0) is 12.8 Å². The van der Waals surface area contributed by atoms with E-state index in [9.17, 15) is 4.21 Å². The van der Waals surface area contributed by atoms with Gasteiger partial charge in [0.2, 0.25) is 8.96 Å². The van der Waals surface area contributed by atoms with Crippen molar-refractivity contribution in [2.24, 2.45) is 0 Å². The zero-order chi connectivity index (χ0) is 7.61. The second-order valence-electron chi connectivity index (χ2n) is 2.44. The molecule has 0 bridgehead atoms. The van der Waals surface area contributed by atoms with Crippen LogP contribution in [0.2, 0.25) is 0 Å². The lowest BCUT2D eigenvalue weighted by Gasteiger charge is -2.24. The molecule has 60 valence electrons. The first-order valence-electron chi connectivity index (χ1n) is 3.33. The number of hydrogen-bond acceptors (Lipinski definition) is 2. The Balaban J connectivity index is 2.56. The van der Waals surface area contributed by atoms with Crippen LogP contribution in [0.15, 0.2) is 0 Å². The minimum Gasteiger partial charge on any atom is -0.294 e. The second-order valence-corrected chi connectivity index (χ2v) is 5.15. The van der Waals surface area contributed by atoms with Crippen molar-refractivity contribution in [1.82, 2.24) is 4.31 Å². The van der Waals surface area contributed by atoms with Crippen LogP contribution in [0, 0.1) is 0 Å².